The van der Waals surface area contributed by atoms with Gasteiger partial charge in [0.05, 0.1) is 21.5 Å². The van der Waals surface area contributed by atoms with Gasteiger partial charge in [0, 0.05) is 0 Å². The Balaban J connectivity index is 2.46. The van der Waals surface area contributed by atoms with Gasteiger partial charge in [0.25, 0.3) is 5.19 Å². The van der Waals surface area contributed by atoms with Crippen molar-refractivity contribution in [2.45, 2.75) is 0 Å². The summed E-state index contributed by atoms with van der Waals surface area (Å²) >= 11 is 3.13. The number of ether oxygens (including phenoxy) is 1. The summed E-state index contributed by atoms with van der Waals surface area (Å²) in [6.07, 6.45) is 0. The summed E-state index contributed by atoms with van der Waals surface area (Å²) in [5.41, 5.74) is 6.78. The number of fused-ring (bicyclic) bond motifs is 3. The second-order valence-electron chi connectivity index (χ2n) is 3.16. The van der Waals surface area contributed by atoms with Gasteiger partial charge in [0.15, 0.2) is 0 Å². The summed E-state index contributed by atoms with van der Waals surface area (Å²) in [7, 11) is 1.64. The van der Waals surface area contributed by atoms with E-state index in [4.69, 9.17) is 10.5 Å². The number of anilines is 1. The summed E-state index contributed by atoms with van der Waals surface area (Å²) in [5.74, 6) is 0. The largest absolute Gasteiger partial charge is 0.473 e. The molecule has 0 aliphatic heterocycles. The van der Waals surface area contributed by atoms with Gasteiger partial charge >= 0.3 is 0 Å². The lowest BCUT2D eigenvalue weighted by molar-refractivity contribution is 0.413. The van der Waals surface area contributed by atoms with Crippen molar-refractivity contribution in [2.75, 3.05) is 12.8 Å². The average molecular weight is 236 g/mol. The van der Waals surface area contributed by atoms with E-state index in [-0.39, 0.29) is 0 Å². The number of nitrogens with two attached hydrogens (primary N) is 1. The average Bonchev–Trinajstić information content (AvgIpc) is 2.78. The highest BCUT2D eigenvalue weighted by atomic mass is 32.1. The van der Waals surface area contributed by atoms with Gasteiger partial charge in [-0.1, -0.05) is 17.4 Å². The van der Waals surface area contributed by atoms with Crippen molar-refractivity contribution in [1.29, 1.82) is 0 Å². The van der Waals surface area contributed by atoms with Crippen LogP contribution in [0.2, 0.25) is 0 Å². The molecule has 3 rings (SSSR count). The standard InChI is InChI=1S/C10H8N2OS2/c1-13-10-12-8-6(14-10)3-2-5-4-7(11)15-9(5)8/h2-4H,11H2,1H3. The van der Waals surface area contributed by atoms with Crippen LogP contribution in [0, 0.1) is 0 Å². The number of hydrogen-bond acceptors (Lipinski definition) is 5. The van der Waals surface area contributed by atoms with Gasteiger partial charge in [-0.05, 0) is 17.5 Å². The topological polar surface area (TPSA) is 48.1 Å². The Morgan fingerprint density at radius 3 is 3.00 bits per heavy atom. The van der Waals surface area contributed by atoms with Crippen molar-refractivity contribution in [3.05, 3.63) is 18.2 Å². The summed E-state index contributed by atoms with van der Waals surface area (Å²) < 4.78 is 7.42. The van der Waals surface area contributed by atoms with Crippen LogP contribution in [-0.4, -0.2) is 12.1 Å². The zero-order chi connectivity index (χ0) is 10.4. The highest BCUT2D eigenvalue weighted by Gasteiger charge is 2.09. The molecule has 2 aromatic heterocycles. The number of rotatable bonds is 1. The molecule has 0 unspecified atom stereocenters. The fraction of sp³-hybridized carbons (Fsp3) is 0.100. The highest BCUT2D eigenvalue weighted by molar-refractivity contribution is 7.25. The van der Waals surface area contributed by atoms with E-state index in [2.05, 4.69) is 17.1 Å². The van der Waals surface area contributed by atoms with Crippen molar-refractivity contribution < 1.29 is 4.74 Å². The van der Waals surface area contributed by atoms with Gasteiger partial charge in [-0.15, -0.1) is 11.3 Å². The van der Waals surface area contributed by atoms with Crippen LogP contribution in [0.1, 0.15) is 0 Å². The van der Waals surface area contributed by atoms with Crippen molar-refractivity contribution in [1.82, 2.24) is 4.98 Å². The van der Waals surface area contributed by atoms with Crippen molar-refractivity contribution >= 4 is 48.0 Å². The molecule has 0 saturated carbocycles. The van der Waals surface area contributed by atoms with Crippen LogP contribution in [0.15, 0.2) is 18.2 Å². The fourth-order valence-corrected chi connectivity index (χ4v) is 3.35. The molecule has 1 aromatic carbocycles. The van der Waals surface area contributed by atoms with Crippen LogP contribution < -0.4 is 10.5 Å². The van der Waals surface area contributed by atoms with Crippen LogP contribution in [0.5, 0.6) is 5.19 Å². The molecular formula is C10H8N2OS2. The lowest BCUT2D eigenvalue weighted by Crippen LogP contribution is -1.78. The number of aromatic nitrogens is 1. The molecule has 2 heterocycles. The molecule has 0 aliphatic rings. The van der Waals surface area contributed by atoms with Crippen molar-refractivity contribution in [3.8, 4) is 5.19 Å². The third kappa shape index (κ3) is 1.27. The van der Waals surface area contributed by atoms with Gasteiger partial charge in [-0.3, -0.25) is 0 Å². The minimum atomic E-state index is 0.699. The third-order valence-electron chi connectivity index (χ3n) is 2.22. The SMILES string of the molecule is COc1nc2c(ccc3cc(N)sc32)s1. The van der Waals surface area contributed by atoms with Crippen LogP contribution >= 0.6 is 22.7 Å². The maximum atomic E-state index is 5.78. The number of thiazole rings is 1. The Kier molecular flexibility index (Phi) is 1.83. The Labute approximate surface area is 94.1 Å². The normalized spacial score (nSPS) is 11.3. The lowest BCUT2D eigenvalue weighted by Gasteiger charge is -1.88. The molecule has 3 nitrogen and oxygen atoms in total. The second-order valence-corrected chi connectivity index (χ2v) is 5.24. The molecule has 0 saturated heterocycles. The predicted molar refractivity (Wildman–Crippen MR) is 66.0 cm³/mol. The zero-order valence-corrected chi connectivity index (χ0v) is 9.61. The van der Waals surface area contributed by atoms with Crippen molar-refractivity contribution in [3.63, 3.8) is 0 Å². The Morgan fingerprint density at radius 2 is 2.20 bits per heavy atom. The smallest absolute Gasteiger partial charge is 0.274 e. The van der Waals surface area contributed by atoms with Gasteiger partial charge < -0.3 is 10.5 Å². The summed E-state index contributed by atoms with van der Waals surface area (Å²) in [6.45, 7) is 0. The molecule has 0 spiro atoms. The quantitative estimate of drug-likeness (QED) is 0.706. The maximum Gasteiger partial charge on any atom is 0.274 e. The summed E-state index contributed by atoms with van der Waals surface area (Å²) in [6, 6.07) is 6.11. The monoisotopic (exact) mass is 236 g/mol. The Hall–Kier alpha value is -1.33. The third-order valence-corrected chi connectivity index (χ3v) is 4.19. The molecule has 0 radical (unpaired) electrons. The molecular weight excluding hydrogens is 228 g/mol. The molecule has 2 N–H and O–H groups in total. The molecule has 76 valence electrons. The second kappa shape index (κ2) is 3.08. The van der Waals surface area contributed by atoms with Crippen LogP contribution in [0.3, 0.4) is 0 Å². The van der Waals surface area contributed by atoms with Gasteiger partial charge in [0.2, 0.25) is 0 Å². The van der Waals surface area contributed by atoms with Crippen LogP contribution in [0.25, 0.3) is 20.3 Å². The van der Waals surface area contributed by atoms with E-state index in [1.807, 2.05) is 6.07 Å². The van der Waals surface area contributed by atoms with E-state index in [9.17, 15) is 0 Å². The molecule has 5 heteroatoms. The Morgan fingerprint density at radius 1 is 1.33 bits per heavy atom. The number of nitrogen functional groups attached to an aromatic ring is 1. The molecule has 3 aromatic rings. The fourth-order valence-electron chi connectivity index (χ4n) is 1.57. The first kappa shape index (κ1) is 8.94. The number of thiophene rings is 1. The maximum absolute atomic E-state index is 5.78. The van der Waals surface area contributed by atoms with E-state index in [1.54, 1.807) is 29.8 Å². The van der Waals surface area contributed by atoms with E-state index in [0.29, 0.717) is 5.19 Å². The summed E-state index contributed by atoms with van der Waals surface area (Å²) in [4.78, 5) is 4.42. The molecule has 15 heavy (non-hydrogen) atoms. The highest BCUT2D eigenvalue weighted by Crippen LogP contribution is 2.37. The molecule has 0 amide bonds. The number of nitrogens with zero attached hydrogens (tertiary/aromatic N) is 1. The van der Waals surface area contributed by atoms with E-state index in [0.717, 1.165) is 25.3 Å². The van der Waals surface area contributed by atoms with Gasteiger partial charge in [-0.25, -0.2) is 4.98 Å². The summed E-state index contributed by atoms with van der Waals surface area (Å²) in [5, 5.41) is 2.67. The number of methoxy groups -OCH3 is 1. The molecule has 0 atom stereocenters. The predicted octanol–water partition coefficient (Wildman–Crippen LogP) is 3.10. The molecule has 0 aliphatic carbocycles. The lowest BCUT2D eigenvalue weighted by atomic mass is 10.2. The number of hydrogen-bond donors (Lipinski definition) is 1. The first-order valence-corrected chi connectivity index (χ1v) is 6.04. The first-order valence-electron chi connectivity index (χ1n) is 4.40. The zero-order valence-electron chi connectivity index (χ0n) is 7.98. The van der Waals surface area contributed by atoms with Crippen LogP contribution in [0.4, 0.5) is 5.00 Å². The minimum absolute atomic E-state index is 0.699. The first-order chi connectivity index (χ1) is 7.28. The van der Waals surface area contributed by atoms with E-state index < -0.39 is 0 Å². The van der Waals surface area contributed by atoms with Crippen molar-refractivity contribution in [2.24, 2.45) is 0 Å². The molecule has 0 bridgehead atoms. The van der Waals surface area contributed by atoms with E-state index in [1.165, 1.54) is 0 Å². The van der Waals surface area contributed by atoms with E-state index >= 15 is 0 Å². The minimum Gasteiger partial charge on any atom is -0.473 e. The van der Waals surface area contributed by atoms with Gasteiger partial charge in [-0.2, -0.15) is 0 Å². The molecule has 0 fully saturated rings. The van der Waals surface area contributed by atoms with Crippen LogP contribution in [-0.2, 0) is 0 Å². The number of benzene rings is 1. The van der Waals surface area contributed by atoms with Gasteiger partial charge in [0.1, 0.15) is 5.52 Å². The Bertz CT molecular complexity index is 641.